The first-order chi connectivity index (χ1) is 15.0. The predicted molar refractivity (Wildman–Crippen MR) is 110 cm³/mol. The first kappa shape index (κ1) is 22.3. The molecule has 0 aliphatic carbocycles. The predicted octanol–water partition coefficient (Wildman–Crippen LogP) is 3.78. The number of hydrogen-bond donors (Lipinski definition) is 0. The molecule has 3 rings (SSSR count). The molecular formula is C22H23N3O6. The monoisotopic (exact) mass is 425 g/mol. The van der Waals surface area contributed by atoms with Crippen LogP contribution in [-0.2, 0) is 30.3 Å². The second-order valence-electron chi connectivity index (χ2n) is 7.01. The van der Waals surface area contributed by atoms with Gasteiger partial charge in [0.2, 0.25) is 6.29 Å². The molecule has 1 saturated heterocycles. The quantitative estimate of drug-likeness (QED) is 0.288. The first-order valence-electron chi connectivity index (χ1n) is 9.78. The smallest absolute Gasteiger partial charge is 0.338 e. The van der Waals surface area contributed by atoms with Crippen molar-refractivity contribution in [2.24, 2.45) is 5.11 Å². The van der Waals surface area contributed by atoms with E-state index in [2.05, 4.69) is 10.0 Å². The van der Waals surface area contributed by atoms with Gasteiger partial charge in [0.25, 0.3) is 0 Å². The maximum atomic E-state index is 12.7. The molecule has 2 aromatic carbocycles. The van der Waals surface area contributed by atoms with Crippen molar-refractivity contribution in [3.05, 3.63) is 82.2 Å². The van der Waals surface area contributed by atoms with Gasteiger partial charge in [0.15, 0.2) is 6.10 Å². The third-order valence-electron chi connectivity index (χ3n) is 4.76. The number of azide groups is 1. The van der Waals surface area contributed by atoms with Crippen LogP contribution in [0, 0.1) is 0 Å². The van der Waals surface area contributed by atoms with Crippen molar-refractivity contribution in [2.75, 3.05) is 0 Å². The zero-order valence-electron chi connectivity index (χ0n) is 17.2. The summed E-state index contributed by atoms with van der Waals surface area (Å²) in [6.45, 7) is 3.06. The molecule has 5 atom stereocenters. The molecule has 0 amide bonds. The van der Waals surface area contributed by atoms with Gasteiger partial charge in [-0.05, 0) is 30.2 Å². The minimum atomic E-state index is -1.22. The number of rotatable bonds is 7. The van der Waals surface area contributed by atoms with Gasteiger partial charge in [-0.2, -0.15) is 0 Å². The summed E-state index contributed by atoms with van der Waals surface area (Å²) in [5, 5.41) is 3.80. The molecule has 9 nitrogen and oxygen atoms in total. The summed E-state index contributed by atoms with van der Waals surface area (Å²) in [5.74, 6) is -1.25. The van der Waals surface area contributed by atoms with Crippen molar-refractivity contribution in [1.29, 1.82) is 0 Å². The number of carbonyl (C=O) groups is 2. The van der Waals surface area contributed by atoms with Gasteiger partial charge < -0.3 is 18.9 Å². The number of hydrogen-bond acceptors (Lipinski definition) is 7. The summed E-state index contributed by atoms with van der Waals surface area (Å²) in [4.78, 5) is 27.3. The molecule has 0 radical (unpaired) electrons. The third-order valence-corrected chi connectivity index (χ3v) is 4.76. The zero-order valence-corrected chi connectivity index (χ0v) is 17.2. The highest BCUT2D eigenvalue weighted by molar-refractivity contribution is 5.89. The van der Waals surface area contributed by atoms with Crippen LogP contribution >= 0.6 is 0 Å². The summed E-state index contributed by atoms with van der Waals surface area (Å²) in [7, 11) is 0. The minimum Gasteiger partial charge on any atom is -0.449 e. The van der Waals surface area contributed by atoms with Crippen molar-refractivity contribution >= 4 is 11.9 Å². The van der Waals surface area contributed by atoms with E-state index in [0.29, 0.717) is 5.56 Å². The van der Waals surface area contributed by atoms with Gasteiger partial charge in [-0.15, -0.1) is 0 Å². The van der Waals surface area contributed by atoms with Gasteiger partial charge in [0.05, 0.1) is 24.3 Å². The van der Waals surface area contributed by atoms with Crippen molar-refractivity contribution in [3.63, 3.8) is 0 Å². The molecule has 31 heavy (non-hydrogen) atoms. The fourth-order valence-corrected chi connectivity index (χ4v) is 3.31. The van der Waals surface area contributed by atoms with Crippen LogP contribution in [0.15, 0.2) is 65.8 Å². The fraction of sp³-hybridized carbons (Fsp3) is 0.364. The number of carbonyl (C=O) groups excluding carboxylic acids is 2. The summed E-state index contributed by atoms with van der Waals surface area (Å²) in [6.07, 6.45) is -3.91. The van der Waals surface area contributed by atoms with E-state index in [1.807, 2.05) is 30.3 Å². The van der Waals surface area contributed by atoms with Gasteiger partial charge in [-0.1, -0.05) is 53.6 Å². The zero-order chi connectivity index (χ0) is 22.2. The molecule has 9 heteroatoms. The Morgan fingerprint density at radius 3 is 2.29 bits per heavy atom. The van der Waals surface area contributed by atoms with E-state index < -0.39 is 42.6 Å². The highest BCUT2D eigenvalue weighted by Crippen LogP contribution is 2.30. The number of ether oxygens (including phenoxy) is 4. The van der Waals surface area contributed by atoms with Crippen LogP contribution in [0.2, 0.25) is 0 Å². The first-order valence-corrected chi connectivity index (χ1v) is 9.78. The lowest BCUT2D eigenvalue weighted by Crippen LogP contribution is -2.59. The Morgan fingerprint density at radius 1 is 1.03 bits per heavy atom. The normalized spacial score (nSPS) is 25.2. The second-order valence-corrected chi connectivity index (χ2v) is 7.01. The van der Waals surface area contributed by atoms with Gasteiger partial charge in [-0.25, -0.2) is 4.79 Å². The lowest BCUT2D eigenvalue weighted by atomic mass is 9.97. The molecule has 0 saturated carbocycles. The van der Waals surface area contributed by atoms with Gasteiger partial charge >= 0.3 is 11.9 Å². The van der Waals surface area contributed by atoms with Crippen LogP contribution in [0.1, 0.15) is 29.8 Å². The number of esters is 2. The summed E-state index contributed by atoms with van der Waals surface area (Å²) in [5.41, 5.74) is 10.2. The van der Waals surface area contributed by atoms with Crippen molar-refractivity contribution in [2.45, 2.75) is 51.1 Å². The van der Waals surface area contributed by atoms with Crippen LogP contribution in [0.25, 0.3) is 10.4 Å². The van der Waals surface area contributed by atoms with Gasteiger partial charge in [0.1, 0.15) is 6.10 Å². The minimum absolute atomic E-state index is 0.169. The standard InChI is InChI=1S/C22H23N3O6/c1-14-18(24-25-23)19(28-13-16-9-5-3-6-10-16)20(22(29-14)30-15(2)26)31-21(27)17-11-7-4-8-12-17/h3-12,14,18-20,22H,13H2,1-2H3/t14-,18-,19+,20-,22?/m1/s1. The lowest BCUT2D eigenvalue weighted by molar-refractivity contribution is -0.267. The van der Waals surface area contributed by atoms with E-state index in [9.17, 15) is 9.59 Å². The Bertz CT molecular complexity index is 933. The Balaban J connectivity index is 1.90. The van der Waals surface area contributed by atoms with Crippen LogP contribution in [0.3, 0.4) is 0 Å². The molecule has 0 bridgehead atoms. The van der Waals surface area contributed by atoms with Crippen molar-refractivity contribution < 1.29 is 28.5 Å². The molecule has 0 N–H and O–H groups in total. The summed E-state index contributed by atoms with van der Waals surface area (Å²) in [6, 6.07) is 16.9. The Labute approximate surface area is 179 Å². The average Bonchev–Trinajstić information content (AvgIpc) is 2.77. The molecule has 2 aromatic rings. The molecule has 1 fully saturated rings. The highest BCUT2D eigenvalue weighted by Gasteiger charge is 2.49. The average molecular weight is 425 g/mol. The van der Waals surface area contributed by atoms with Crippen LogP contribution in [0.5, 0.6) is 0 Å². The SMILES string of the molecule is CC(=O)OC1O[C@H](C)[C@@H](N=[N+]=[N-])[C@H](OCc2ccccc2)[C@H]1OC(=O)c1ccccc1. The van der Waals surface area contributed by atoms with E-state index >= 15 is 0 Å². The highest BCUT2D eigenvalue weighted by atomic mass is 16.7. The Kier molecular flexibility index (Phi) is 7.61. The second kappa shape index (κ2) is 10.6. The van der Waals surface area contributed by atoms with Crippen molar-refractivity contribution in [3.8, 4) is 0 Å². The topological polar surface area (TPSA) is 120 Å². The van der Waals surface area contributed by atoms with E-state index in [1.165, 1.54) is 6.92 Å². The molecule has 1 heterocycles. The Hall–Kier alpha value is -3.39. The third kappa shape index (κ3) is 5.82. The number of nitrogens with zero attached hydrogens (tertiary/aromatic N) is 3. The van der Waals surface area contributed by atoms with Crippen molar-refractivity contribution in [1.82, 2.24) is 0 Å². The molecule has 1 aliphatic heterocycles. The van der Waals surface area contributed by atoms with Gasteiger partial charge in [0, 0.05) is 11.8 Å². The maximum Gasteiger partial charge on any atom is 0.338 e. The molecule has 0 aromatic heterocycles. The summed E-state index contributed by atoms with van der Waals surface area (Å²) < 4.78 is 22.7. The molecule has 0 spiro atoms. The summed E-state index contributed by atoms with van der Waals surface area (Å²) >= 11 is 0. The van der Waals surface area contributed by atoms with Gasteiger partial charge in [-0.3, -0.25) is 4.79 Å². The molecular weight excluding hydrogens is 402 g/mol. The molecule has 162 valence electrons. The van der Waals surface area contributed by atoms with Crippen LogP contribution < -0.4 is 0 Å². The van der Waals surface area contributed by atoms with Crippen LogP contribution in [0.4, 0.5) is 0 Å². The van der Waals surface area contributed by atoms with E-state index in [1.54, 1.807) is 37.3 Å². The van der Waals surface area contributed by atoms with E-state index in [0.717, 1.165) is 5.56 Å². The Morgan fingerprint density at radius 2 is 1.68 bits per heavy atom. The fourth-order valence-electron chi connectivity index (χ4n) is 3.31. The largest absolute Gasteiger partial charge is 0.449 e. The molecule has 1 unspecified atom stereocenters. The number of benzene rings is 2. The lowest BCUT2D eigenvalue weighted by Gasteiger charge is -2.42. The molecule has 1 aliphatic rings. The van der Waals surface area contributed by atoms with Crippen LogP contribution in [-0.4, -0.2) is 42.6 Å². The van der Waals surface area contributed by atoms with E-state index in [-0.39, 0.29) is 6.61 Å². The maximum absolute atomic E-state index is 12.7. The van der Waals surface area contributed by atoms with E-state index in [4.69, 9.17) is 24.5 Å².